The number of hydrogen-bond acceptors (Lipinski definition) is 4. The van der Waals surface area contributed by atoms with E-state index in [-0.39, 0.29) is 5.91 Å². The minimum atomic E-state index is 0.211. The van der Waals surface area contributed by atoms with Crippen molar-refractivity contribution < 1.29 is 14.3 Å². The van der Waals surface area contributed by atoms with Crippen LogP contribution in [0.2, 0.25) is 0 Å². The van der Waals surface area contributed by atoms with Crippen LogP contribution < -0.4 is 15.2 Å². The Bertz CT molecular complexity index is 531. The summed E-state index contributed by atoms with van der Waals surface area (Å²) >= 11 is 0. The van der Waals surface area contributed by atoms with Crippen molar-refractivity contribution in [2.75, 3.05) is 33.0 Å². The second-order valence-corrected chi connectivity index (χ2v) is 5.99. The quantitative estimate of drug-likeness (QED) is 0.849. The predicted molar refractivity (Wildman–Crippen MR) is 87.3 cm³/mol. The number of nitrogens with two attached hydrogens (primary N) is 1. The van der Waals surface area contributed by atoms with Crippen LogP contribution in [-0.4, -0.2) is 38.1 Å². The first-order valence-electron chi connectivity index (χ1n) is 7.83. The molecule has 1 aromatic carbocycles. The third kappa shape index (κ3) is 3.84. The van der Waals surface area contributed by atoms with E-state index in [9.17, 15) is 4.79 Å². The lowest BCUT2D eigenvalue weighted by molar-refractivity contribution is -0.132. The van der Waals surface area contributed by atoms with Crippen molar-refractivity contribution in [1.82, 2.24) is 4.90 Å². The van der Waals surface area contributed by atoms with Crippen LogP contribution in [0.1, 0.15) is 31.7 Å². The maximum absolute atomic E-state index is 12.4. The highest BCUT2D eigenvalue weighted by Gasteiger charge is 2.21. The number of likely N-dealkylation sites (tertiary alicyclic amines) is 1. The average Bonchev–Trinajstić information content (AvgIpc) is 2.52. The van der Waals surface area contributed by atoms with Crippen LogP contribution in [0.4, 0.5) is 5.69 Å². The molecule has 1 aliphatic rings. The summed E-state index contributed by atoms with van der Waals surface area (Å²) in [5.41, 5.74) is 7.46. The number of methoxy groups -OCH3 is 2. The first kappa shape index (κ1) is 16.5. The molecular weight excluding hydrogens is 280 g/mol. The van der Waals surface area contributed by atoms with Gasteiger partial charge in [0, 0.05) is 25.6 Å². The van der Waals surface area contributed by atoms with Gasteiger partial charge in [-0.15, -0.1) is 0 Å². The second kappa shape index (κ2) is 7.38. The van der Waals surface area contributed by atoms with Gasteiger partial charge >= 0.3 is 0 Å². The molecule has 0 bridgehead atoms. The zero-order valence-corrected chi connectivity index (χ0v) is 13.7. The molecular formula is C17H26N2O3. The molecule has 0 radical (unpaired) electrons. The molecule has 0 saturated carbocycles. The standard InChI is InChI=1S/C17H26N2O3/c1-12-5-4-8-19(11-12)17(20)7-6-13-9-14(18)16(22-3)10-15(13)21-2/h9-10,12H,4-8,11,18H2,1-3H3. The Labute approximate surface area is 132 Å². The first-order chi connectivity index (χ1) is 10.5. The Morgan fingerprint density at radius 3 is 2.68 bits per heavy atom. The molecule has 5 heteroatoms. The molecule has 0 aromatic heterocycles. The van der Waals surface area contributed by atoms with Crippen molar-refractivity contribution in [1.29, 1.82) is 0 Å². The van der Waals surface area contributed by atoms with Gasteiger partial charge in [-0.3, -0.25) is 4.79 Å². The summed E-state index contributed by atoms with van der Waals surface area (Å²) in [7, 11) is 3.19. The summed E-state index contributed by atoms with van der Waals surface area (Å²) in [6.07, 6.45) is 3.42. The van der Waals surface area contributed by atoms with Crippen LogP contribution in [0, 0.1) is 5.92 Å². The minimum absolute atomic E-state index is 0.211. The van der Waals surface area contributed by atoms with E-state index >= 15 is 0 Å². The number of amides is 1. The van der Waals surface area contributed by atoms with Gasteiger partial charge in [-0.2, -0.15) is 0 Å². The van der Waals surface area contributed by atoms with Crippen molar-refractivity contribution in [3.05, 3.63) is 17.7 Å². The van der Waals surface area contributed by atoms with Gasteiger partial charge in [0.2, 0.25) is 5.91 Å². The smallest absolute Gasteiger partial charge is 0.222 e. The molecule has 1 amide bonds. The lowest BCUT2D eigenvalue weighted by atomic mass is 9.99. The fourth-order valence-electron chi connectivity index (χ4n) is 3.00. The number of aryl methyl sites for hydroxylation is 1. The second-order valence-electron chi connectivity index (χ2n) is 5.99. The van der Waals surface area contributed by atoms with Crippen molar-refractivity contribution in [2.24, 2.45) is 5.92 Å². The number of rotatable bonds is 5. The maximum atomic E-state index is 12.4. The summed E-state index contributed by atoms with van der Waals surface area (Å²) in [5.74, 6) is 2.12. The molecule has 122 valence electrons. The third-order valence-corrected chi connectivity index (χ3v) is 4.25. The van der Waals surface area contributed by atoms with Gasteiger partial charge < -0.3 is 20.1 Å². The molecule has 2 N–H and O–H groups in total. The highest BCUT2D eigenvalue weighted by molar-refractivity contribution is 5.76. The molecule has 1 saturated heterocycles. The molecule has 1 fully saturated rings. The topological polar surface area (TPSA) is 64.8 Å². The molecule has 22 heavy (non-hydrogen) atoms. The number of benzene rings is 1. The fourth-order valence-corrected chi connectivity index (χ4v) is 3.00. The van der Waals surface area contributed by atoms with Crippen LogP contribution >= 0.6 is 0 Å². The molecule has 2 rings (SSSR count). The lowest BCUT2D eigenvalue weighted by Crippen LogP contribution is -2.39. The Hall–Kier alpha value is -1.91. The number of nitrogen functional groups attached to an aromatic ring is 1. The summed E-state index contributed by atoms with van der Waals surface area (Å²) in [6.45, 7) is 3.96. The van der Waals surface area contributed by atoms with E-state index in [1.165, 1.54) is 6.42 Å². The van der Waals surface area contributed by atoms with Gasteiger partial charge in [-0.1, -0.05) is 6.92 Å². The summed E-state index contributed by atoms with van der Waals surface area (Å²) in [6, 6.07) is 3.61. The van der Waals surface area contributed by atoms with Crippen LogP contribution in [0.15, 0.2) is 12.1 Å². The maximum Gasteiger partial charge on any atom is 0.222 e. The molecule has 1 aliphatic heterocycles. The van der Waals surface area contributed by atoms with Gasteiger partial charge in [-0.05, 0) is 36.8 Å². The molecule has 0 aliphatic carbocycles. The largest absolute Gasteiger partial charge is 0.496 e. The van der Waals surface area contributed by atoms with E-state index in [1.54, 1.807) is 20.3 Å². The molecule has 1 heterocycles. The van der Waals surface area contributed by atoms with Crippen molar-refractivity contribution in [3.8, 4) is 11.5 Å². The van der Waals surface area contributed by atoms with E-state index in [2.05, 4.69) is 6.92 Å². The van der Waals surface area contributed by atoms with Crippen molar-refractivity contribution in [2.45, 2.75) is 32.6 Å². The van der Waals surface area contributed by atoms with Crippen LogP contribution in [-0.2, 0) is 11.2 Å². The van der Waals surface area contributed by atoms with Gasteiger partial charge in [0.05, 0.1) is 19.9 Å². The summed E-state index contributed by atoms with van der Waals surface area (Å²) < 4.78 is 10.6. The highest BCUT2D eigenvalue weighted by Crippen LogP contribution is 2.31. The molecule has 1 unspecified atom stereocenters. The number of hydrogen-bond donors (Lipinski definition) is 1. The van der Waals surface area contributed by atoms with Crippen molar-refractivity contribution >= 4 is 11.6 Å². The number of nitrogens with zero attached hydrogens (tertiary/aromatic N) is 1. The van der Waals surface area contributed by atoms with Crippen molar-refractivity contribution in [3.63, 3.8) is 0 Å². The first-order valence-corrected chi connectivity index (χ1v) is 7.83. The van der Waals surface area contributed by atoms with Crippen LogP contribution in [0.3, 0.4) is 0 Å². The van der Waals surface area contributed by atoms with Crippen LogP contribution in [0.5, 0.6) is 11.5 Å². The Kier molecular flexibility index (Phi) is 5.52. The molecule has 1 atom stereocenters. The normalized spacial score (nSPS) is 18.1. The molecule has 0 spiro atoms. The third-order valence-electron chi connectivity index (χ3n) is 4.25. The number of carbonyl (C=O) groups is 1. The van der Waals surface area contributed by atoms with Gasteiger partial charge in [0.25, 0.3) is 0 Å². The molecule has 1 aromatic rings. The predicted octanol–water partition coefficient (Wildman–Crippen LogP) is 2.48. The lowest BCUT2D eigenvalue weighted by Gasteiger charge is -2.31. The van der Waals surface area contributed by atoms with E-state index in [0.717, 1.165) is 25.1 Å². The van der Waals surface area contributed by atoms with Gasteiger partial charge in [0.1, 0.15) is 11.5 Å². The van der Waals surface area contributed by atoms with E-state index in [0.29, 0.717) is 35.9 Å². The van der Waals surface area contributed by atoms with E-state index in [4.69, 9.17) is 15.2 Å². The van der Waals surface area contributed by atoms with E-state index < -0.39 is 0 Å². The fraction of sp³-hybridized carbons (Fsp3) is 0.588. The number of carbonyl (C=O) groups excluding carboxylic acids is 1. The zero-order chi connectivity index (χ0) is 16.1. The summed E-state index contributed by atoms with van der Waals surface area (Å²) in [5, 5.41) is 0. The summed E-state index contributed by atoms with van der Waals surface area (Å²) in [4.78, 5) is 14.3. The zero-order valence-electron chi connectivity index (χ0n) is 13.7. The van der Waals surface area contributed by atoms with Gasteiger partial charge in [0.15, 0.2) is 0 Å². The Balaban J connectivity index is 2.01. The SMILES string of the molecule is COc1cc(OC)c(CCC(=O)N2CCCC(C)C2)cc1N. The average molecular weight is 306 g/mol. The molecule has 5 nitrogen and oxygen atoms in total. The number of ether oxygens (including phenoxy) is 2. The highest BCUT2D eigenvalue weighted by atomic mass is 16.5. The van der Waals surface area contributed by atoms with Gasteiger partial charge in [-0.25, -0.2) is 0 Å². The number of anilines is 1. The Morgan fingerprint density at radius 2 is 2.05 bits per heavy atom. The Morgan fingerprint density at radius 1 is 1.32 bits per heavy atom. The minimum Gasteiger partial charge on any atom is -0.496 e. The number of piperidine rings is 1. The monoisotopic (exact) mass is 306 g/mol. The van der Waals surface area contributed by atoms with Crippen LogP contribution in [0.25, 0.3) is 0 Å². The van der Waals surface area contributed by atoms with E-state index in [1.807, 2.05) is 11.0 Å².